The van der Waals surface area contributed by atoms with Crippen molar-refractivity contribution in [2.75, 3.05) is 39.3 Å². The van der Waals surface area contributed by atoms with Gasteiger partial charge in [0.15, 0.2) is 6.29 Å². The Morgan fingerprint density at radius 2 is 2.00 bits per heavy atom. The number of aliphatic hydroxyl groups excluding tert-OH is 1. The summed E-state index contributed by atoms with van der Waals surface area (Å²) in [5.74, 6) is 0.124. The Morgan fingerprint density at radius 3 is 2.65 bits per heavy atom. The number of aliphatic hydroxyl groups is 1. The van der Waals surface area contributed by atoms with Crippen molar-refractivity contribution in [3.63, 3.8) is 0 Å². The van der Waals surface area contributed by atoms with Gasteiger partial charge in [0.25, 0.3) is 0 Å². The number of carbonyl (C=O) groups excluding carboxylic acids is 2. The standard InChI is InChI=1S/C14H21N3O3/c18-11-10-15-6-8-17(9-7-15)14(20)3-5-16-4-1-2-13(16)12-19/h1-2,4,12,18H,3,5-11H2. The Morgan fingerprint density at radius 1 is 1.25 bits per heavy atom. The highest BCUT2D eigenvalue weighted by atomic mass is 16.3. The molecule has 1 N–H and O–H groups in total. The lowest BCUT2D eigenvalue weighted by Gasteiger charge is -2.34. The van der Waals surface area contributed by atoms with Crippen molar-refractivity contribution in [1.29, 1.82) is 0 Å². The molecule has 0 aromatic carbocycles. The van der Waals surface area contributed by atoms with Gasteiger partial charge in [-0.05, 0) is 12.1 Å². The number of β-amino-alcohol motifs (C(OH)–C–C–N with tert-alkyl or cyclic N) is 1. The Balaban J connectivity index is 1.77. The van der Waals surface area contributed by atoms with Gasteiger partial charge >= 0.3 is 0 Å². The maximum Gasteiger partial charge on any atom is 0.224 e. The fraction of sp³-hybridized carbons (Fsp3) is 0.571. The highest BCUT2D eigenvalue weighted by Gasteiger charge is 2.20. The van der Waals surface area contributed by atoms with Crippen LogP contribution in [0.15, 0.2) is 18.3 Å². The van der Waals surface area contributed by atoms with Crippen LogP contribution < -0.4 is 0 Å². The fourth-order valence-corrected chi connectivity index (χ4v) is 2.47. The van der Waals surface area contributed by atoms with Crippen molar-refractivity contribution < 1.29 is 14.7 Å². The first-order valence-electron chi connectivity index (χ1n) is 6.96. The van der Waals surface area contributed by atoms with Crippen molar-refractivity contribution in [3.05, 3.63) is 24.0 Å². The van der Waals surface area contributed by atoms with E-state index in [1.54, 1.807) is 10.6 Å². The molecule has 0 aliphatic carbocycles. The zero-order chi connectivity index (χ0) is 14.4. The van der Waals surface area contributed by atoms with E-state index in [0.29, 0.717) is 38.3 Å². The number of hydrogen-bond donors (Lipinski definition) is 1. The molecule has 1 amide bonds. The molecule has 20 heavy (non-hydrogen) atoms. The minimum Gasteiger partial charge on any atom is -0.395 e. The molecule has 0 spiro atoms. The second-order valence-corrected chi connectivity index (χ2v) is 4.94. The van der Waals surface area contributed by atoms with Crippen molar-refractivity contribution in [2.45, 2.75) is 13.0 Å². The number of rotatable bonds is 6. The van der Waals surface area contributed by atoms with E-state index in [0.717, 1.165) is 19.4 Å². The third-order valence-corrected chi connectivity index (χ3v) is 3.69. The minimum atomic E-state index is 0.124. The fourth-order valence-electron chi connectivity index (χ4n) is 2.47. The molecular weight excluding hydrogens is 258 g/mol. The first kappa shape index (κ1) is 14.7. The summed E-state index contributed by atoms with van der Waals surface area (Å²) in [5, 5.41) is 8.88. The Labute approximate surface area is 118 Å². The van der Waals surface area contributed by atoms with Crippen LogP contribution in [-0.4, -0.2) is 71.0 Å². The van der Waals surface area contributed by atoms with E-state index in [4.69, 9.17) is 5.11 Å². The summed E-state index contributed by atoms with van der Waals surface area (Å²) in [6.07, 6.45) is 3.03. The lowest BCUT2D eigenvalue weighted by atomic mass is 10.2. The predicted octanol–water partition coefficient (Wildman–Crippen LogP) is -0.173. The maximum atomic E-state index is 12.1. The molecule has 1 aliphatic rings. The van der Waals surface area contributed by atoms with Gasteiger partial charge < -0.3 is 14.6 Å². The normalized spacial score (nSPS) is 16.4. The molecule has 0 bridgehead atoms. The second-order valence-electron chi connectivity index (χ2n) is 4.94. The molecular formula is C14H21N3O3. The number of aldehydes is 1. The van der Waals surface area contributed by atoms with Gasteiger partial charge in [-0.1, -0.05) is 0 Å². The van der Waals surface area contributed by atoms with Crippen LogP contribution in [0.1, 0.15) is 16.9 Å². The quantitative estimate of drug-likeness (QED) is 0.734. The molecule has 110 valence electrons. The summed E-state index contributed by atoms with van der Waals surface area (Å²) in [5.41, 5.74) is 0.602. The minimum absolute atomic E-state index is 0.124. The van der Waals surface area contributed by atoms with Gasteiger partial charge in [0.05, 0.1) is 12.3 Å². The molecule has 0 saturated carbocycles. The summed E-state index contributed by atoms with van der Waals surface area (Å²) < 4.78 is 1.80. The molecule has 0 radical (unpaired) electrons. The zero-order valence-corrected chi connectivity index (χ0v) is 11.6. The van der Waals surface area contributed by atoms with Crippen LogP contribution in [0.5, 0.6) is 0 Å². The smallest absolute Gasteiger partial charge is 0.224 e. The largest absolute Gasteiger partial charge is 0.395 e. The Bertz CT molecular complexity index is 450. The highest BCUT2D eigenvalue weighted by molar-refractivity contribution is 5.76. The van der Waals surface area contributed by atoms with Crippen molar-refractivity contribution >= 4 is 12.2 Å². The molecule has 1 aromatic heterocycles. The van der Waals surface area contributed by atoms with E-state index < -0.39 is 0 Å². The van der Waals surface area contributed by atoms with E-state index in [2.05, 4.69) is 4.90 Å². The lowest BCUT2D eigenvalue weighted by molar-refractivity contribution is -0.133. The topological polar surface area (TPSA) is 65.8 Å². The van der Waals surface area contributed by atoms with Crippen LogP contribution in [-0.2, 0) is 11.3 Å². The van der Waals surface area contributed by atoms with Crippen molar-refractivity contribution in [2.24, 2.45) is 0 Å². The molecule has 1 aliphatic heterocycles. The summed E-state index contributed by atoms with van der Waals surface area (Å²) in [7, 11) is 0. The van der Waals surface area contributed by atoms with Crippen molar-refractivity contribution in [1.82, 2.24) is 14.4 Å². The number of hydrogen-bond acceptors (Lipinski definition) is 4. The molecule has 0 unspecified atom stereocenters. The third kappa shape index (κ3) is 3.68. The zero-order valence-electron chi connectivity index (χ0n) is 11.6. The van der Waals surface area contributed by atoms with Gasteiger partial charge in [0.1, 0.15) is 0 Å². The first-order chi connectivity index (χ1) is 9.74. The summed E-state index contributed by atoms with van der Waals surface area (Å²) in [6.45, 7) is 4.43. The van der Waals surface area contributed by atoms with Gasteiger partial charge in [0, 0.05) is 51.9 Å². The van der Waals surface area contributed by atoms with Gasteiger partial charge in [-0.2, -0.15) is 0 Å². The monoisotopic (exact) mass is 279 g/mol. The molecule has 6 heteroatoms. The molecule has 1 aromatic rings. The van der Waals surface area contributed by atoms with Crippen LogP contribution in [0.25, 0.3) is 0 Å². The number of aryl methyl sites for hydroxylation is 1. The summed E-state index contributed by atoms with van der Waals surface area (Å²) >= 11 is 0. The SMILES string of the molecule is O=Cc1cccn1CCC(=O)N1CCN(CCO)CC1. The number of aromatic nitrogens is 1. The molecule has 6 nitrogen and oxygen atoms in total. The van der Waals surface area contributed by atoms with E-state index in [-0.39, 0.29) is 12.5 Å². The molecule has 1 fully saturated rings. The highest BCUT2D eigenvalue weighted by Crippen LogP contribution is 2.06. The third-order valence-electron chi connectivity index (χ3n) is 3.69. The average Bonchev–Trinajstić information content (AvgIpc) is 2.93. The molecule has 2 rings (SSSR count). The van der Waals surface area contributed by atoms with Crippen LogP contribution in [0.4, 0.5) is 0 Å². The van der Waals surface area contributed by atoms with E-state index in [1.165, 1.54) is 0 Å². The number of amides is 1. The van der Waals surface area contributed by atoms with E-state index in [1.807, 2.05) is 17.2 Å². The number of piperazine rings is 1. The number of carbonyl (C=O) groups is 2. The van der Waals surface area contributed by atoms with Gasteiger partial charge in [-0.15, -0.1) is 0 Å². The Hall–Kier alpha value is -1.66. The average molecular weight is 279 g/mol. The lowest BCUT2D eigenvalue weighted by Crippen LogP contribution is -2.49. The summed E-state index contributed by atoms with van der Waals surface area (Å²) in [4.78, 5) is 26.9. The maximum absolute atomic E-state index is 12.1. The Kier molecular flexibility index (Phi) is 5.31. The van der Waals surface area contributed by atoms with Gasteiger partial charge in [-0.25, -0.2) is 0 Å². The predicted molar refractivity (Wildman–Crippen MR) is 74.5 cm³/mol. The van der Waals surface area contributed by atoms with Gasteiger partial charge in [-0.3, -0.25) is 14.5 Å². The summed E-state index contributed by atoms with van der Waals surface area (Å²) in [6, 6.07) is 3.55. The molecule has 2 heterocycles. The number of nitrogens with zero attached hydrogens (tertiary/aromatic N) is 3. The van der Waals surface area contributed by atoms with Crippen LogP contribution >= 0.6 is 0 Å². The van der Waals surface area contributed by atoms with Crippen LogP contribution in [0, 0.1) is 0 Å². The first-order valence-corrected chi connectivity index (χ1v) is 6.96. The van der Waals surface area contributed by atoms with Crippen LogP contribution in [0.2, 0.25) is 0 Å². The van der Waals surface area contributed by atoms with Crippen LogP contribution in [0.3, 0.4) is 0 Å². The van der Waals surface area contributed by atoms with E-state index >= 15 is 0 Å². The second kappa shape index (κ2) is 7.21. The van der Waals surface area contributed by atoms with Crippen molar-refractivity contribution in [3.8, 4) is 0 Å². The van der Waals surface area contributed by atoms with E-state index in [9.17, 15) is 9.59 Å². The van der Waals surface area contributed by atoms with Gasteiger partial charge in [0.2, 0.25) is 5.91 Å². The molecule has 0 atom stereocenters. The molecule has 1 saturated heterocycles.